The Bertz CT molecular complexity index is 1240. The fourth-order valence-electron chi connectivity index (χ4n) is 3.18. The summed E-state index contributed by atoms with van der Waals surface area (Å²) in [6.45, 7) is 0.370. The van der Waals surface area contributed by atoms with Crippen molar-refractivity contribution in [2.24, 2.45) is 0 Å². The molecule has 0 bridgehead atoms. The number of imidazole rings is 1. The van der Waals surface area contributed by atoms with Crippen LogP contribution in [0, 0.1) is 0 Å². The number of H-pyrrole nitrogens is 1. The molecule has 162 valence electrons. The molecule has 0 saturated carbocycles. The lowest BCUT2D eigenvalue weighted by molar-refractivity contribution is 0.0950. The van der Waals surface area contributed by atoms with Gasteiger partial charge in [-0.15, -0.1) is 0 Å². The number of benzene rings is 2. The number of aromatic nitrogens is 3. The number of halogens is 1. The first kappa shape index (κ1) is 21.4. The van der Waals surface area contributed by atoms with Crippen LogP contribution in [-0.2, 0) is 6.54 Å². The molecule has 1 amide bonds. The molecule has 0 spiro atoms. The van der Waals surface area contributed by atoms with Gasteiger partial charge in [-0.05, 0) is 23.8 Å². The molecule has 0 unspecified atom stereocenters. The van der Waals surface area contributed by atoms with Gasteiger partial charge < -0.3 is 19.8 Å². The van der Waals surface area contributed by atoms with Gasteiger partial charge in [0.15, 0.2) is 0 Å². The van der Waals surface area contributed by atoms with Gasteiger partial charge >= 0.3 is 0 Å². The van der Waals surface area contributed by atoms with Crippen LogP contribution in [0.4, 0.5) is 0 Å². The van der Waals surface area contributed by atoms with Crippen molar-refractivity contribution in [2.45, 2.75) is 6.54 Å². The molecule has 2 N–H and O–H groups in total. The van der Waals surface area contributed by atoms with E-state index in [-0.39, 0.29) is 11.1 Å². The maximum absolute atomic E-state index is 12.4. The van der Waals surface area contributed by atoms with Crippen LogP contribution in [0.25, 0.3) is 22.6 Å². The minimum Gasteiger partial charge on any atom is -0.497 e. The molecule has 2 aromatic carbocycles. The second kappa shape index (κ2) is 9.53. The monoisotopic (exact) mass is 448 g/mol. The number of rotatable bonds is 7. The molecule has 0 aliphatic rings. The van der Waals surface area contributed by atoms with Crippen LogP contribution in [0.3, 0.4) is 0 Å². The fraction of sp³-hybridized carbons (Fsp3) is 0.125. The van der Waals surface area contributed by atoms with Crippen molar-refractivity contribution >= 4 is 17.5 Å². The highest BCUT2D eigenvalue weighted by Gasteiger charge is 2.10. The van der Waals surface area contributed by atoms with Crippen LogP contribution in [-0.4, -0.2) is 35.1 Å². The van der Waals surface area contributed by atoms with E-state index in [0.717, 1.165) is 34.0 Å². The van der Waals surface area contributed by atoms with Gasteiger partial charge in [0, 0.05) is 29.3 Å². The Hall–Kier alpha value is -3.84. The van der Waals surface area contributed by atoms with E-state index in [2.05, 4.69) is 20.3 Å². The molecular weight excluding hydrogens is 428 g/mol. The van der Waals surface area contributed by atoms with Crippen molar-refractivity contribution in [2.75, 3.05) is 14.2 Å². The molecular formula is C24H21ClN4O3. The predicted octanol–water partition coefficient (Wildman–Crippen LogP) is 4.74. The molecule has 0 aliphatic heterocycles. The van der Waals surface area contributed by atoms with E-state index >= 15 is 0 Å². The summed E-state index contributed by atoms with van der Waals surface area (Å²) in [6.07, 6.45) is 1.80. The van der Waals surface area contributed by atoms with E-state index in [1.807, 2.05) is 48.5 Å². The van der Waals surface area contributed by atoms with Gasteiger partial charge in [0.05, 0.1) is 26.1 Å². The lowest BCUT2D eigenvalue weighted by atomic mass is 10.1. The minimum atomic E-state index is -0.259. The number of amides is 1. The number of hydrogen-bond acceptors (Lipinski definition) is 5. The van der Waals surface area contributed by atoms with Gasteiger partial charge in [-0.2, -0.15) is 0 Å². The molecule has 2 heterocycles. The van der Waals surface area contributed by atoms with Crippen molar-refractivity contribution in [1.29, 1.82) is 0 Å². The van der Waals surface area contributed by atoms with Gasteiger partial charge in [-0.1, -0.05) is 48.0 Å². The Balaban J connectivity index is 1.42. The third kappa shape index (κ3) is 4.90. The van der Waals surface area contributed by atoms with E-state index in [1.165, 1.54) is 13.2 Å². The molecule has 32 heavy (non-hydrogen) atoms. The largest absolute Gasteiger partial charge is 0.497 e. The SMILES string of the molecule is COc1cccc(-c2cnc(-c3ccc(CNC(=O)c4cc(Cl)nc(OC)c4)cc3)[nH]2)c1. The minimum absolute atomic E-state index is 0.200. The molecule has 4 aromatic rings. The van der Waals surface area contributed by atoms with Crippen LogP contribution in [0.1, 0.15) is 15.9 Å². The van der Waals surface area contributed by atoms with Gasteiger partial charge in [0.2, 0.25) is 5.88 Å². The molecule has 0 saturated heterocycles. The van der Waals surface area contributed by atoms with Crippen LogP contribution in [0.15, 0.2) is 66.9 Å². The molecule has 0 radical (unpaired) electrons. The van der Waals surface area contributed by atoms with Gasteiger partial charge in [0.25, 0.3) is 5.91 Å². The Morgan fingerprint density at radius 1 is 1.03 bits per heavy atom. The Morgan fingerprint density at radius 2 is 1.84 bits per heavy atom. The predicted molar refractivity (Wildman–Crippen MR) is 123 cm³/mol. The number of hydrogen-bond donors (Lipinski definition) is 2. The summed E-state index contributed by atoms with van der Waals surface area (Å²) in [4.78, 5) is 24.2. The molecule has 4 rings (SSSR count). The number of nitrogens with one attached hydrogen (secondary N) is 2. The molecule has 7 nitrogen and oxygen atoms in total. The van der Waals surface area contributed by atoms with E-state index in [9.17, 15) is 4.79 Å². The Labute approximate surface area is 190 Å². The van der Waals surface area contributed by atoms with Gasteiger partial charge in [-0.25, -0.2) is 9.97 Å². The van der Waals surface area contributed by atoms with Crippen molar-refractivity contribution in [3.63, 3.8) is 0 Å². The quantitative estimate of drug-likeness (QED) is 0.398. The average Bonchev–Trinajstić information content (AvgIpc) is 3.33. The molecule has 8 heteroatoms. The lowest BCUT2D eigenvalue weighted by Crippen LogP contribution is -2.22. The topological polar surface area (TPSA) is 89.1 Å². The lowest BCUT2D eigenvalue weighted by Gasteiger charge is -2.08. The van der Waals surface area contributed by atoms with Gasteiger partial charge in [0.1, 0.15) is 16.7 Å². The number of carbonyl (C=O) groups excluding carboxylic acids is 1. The molecule has 0 atom stereocenters. The maximum atomic E-state index is 12.4. The summed E-state index contributed by atoms with van der Waals surface area (Å²) in [5, 5.41) is 3.07. The standard InChI is InChI=1S/C24H21ClN4O3/c1-31-19-5-3-4-17(10-19)20-14-26-23(28-20)16-8-6-15(7-9-16)13-27-24(30)18-11-21(25)29-22(12-18)32-2/h3-12,14H,13H2,1-2H3,(H,26,28)(H,27,30). The van der Waals surface area contributed by atoms with E-state index in [1.54, 1.807) is 19.4 Å². The first-order chi connectivity index (χ1) is 15.6. The van der Waals surface area contributed by atoms with Crippen LogP contribution in [0.5, 0.6) is 11.6 Å². The summed E-state index contributed by atoms with van der Waals surface area (Å²) in [5.74, 6) is 1.58. The second-order valence-electron chi connectivity index (χ2n) is 6.98. The maximum Gasteiger partial charge on any atom is 0.251 e. The summed E-state index contributed by atoms with van der Waals surface area (Å²) in [7, 11) is 3.12. The first-order valence-electron chi connectivity index (χ1n) is 9.84. The Kier molecular flexibility index (Phi) is 6.37. The highest BCUT2D eigenvalue weighted by molar-refractivity contribution is 6.29. The highest BCUT2D eigenvalue weighted by atomic mass is 35.5. The van der Waals surface area contributed by atoms with Crippen LogP contribution in [0.2, 0.25) is 5.15 Å². The van der Waals surface area contributed by atoms with Crippen molar-refractivity contribution in [3.8, 4) is 34.3 Å². The third-order valence-corrected chi connectivity index (χ3v) is 5.07. The third-order valence-electron chi connectivity index (χ3n) is 4.88. The van der Waals surface area contributed by atoms with E-state index in [4.69, 9.17) is 21.1 Å². The fourth-order valence-corrected chi connectivity index (χ4v) is 3.38. The van der Waals surface area contributed by atoms with Crippen molar-refractivity contribution in [3.05, 3.63) is 83.1 Å². The molecule has 0 aliphatic carbocycles. The van der Waals surface area contributed by atoms with Crippen molar-refractivity contribution < 1.29 is 14.3 Å². The summed E-state index contributed by atoms with van der Waals surface area (Å²) < 4.78 is 10.3. The first-order valence-corrected chi connectivity index (χ1v) is 10.2. The number of methoxy groups -OCH3 is 2. The van der Waals surface area contributed by atoms with Crippen LogP contribution < -0.4 is 14.8 Å². The highest BCUT2D eigenvalue weighted by Crippen LogP contribution is 2.25. The average molecular weight is 449 g/mol. The zero-order valence-electron chi connectivity index (χ0n) is 17.6. The second-order valence-corrected chi connectivity index (χ2v) is 7.37. The smallest absolute Gasteiger partial charge is 0.251 e. The van der Waals surface area contributed by atoms with Gasteiger partial charge in [-0.3, -0.25) is 4.79 Å². The molecule has 0 fully saturated rings. The van der Waals surface area contributed by atoms with Crippen molar-refractivity contribution in [1.82, 2.24) is 20.3 Å². The Morgan fingerprint density at radius 3 is 2.59 bits per heavy atom. The number of pyridine rings is 1. The number of aromatic amines is 1. The zero-order valence-corrected chi connectivity index (χ0v) is 18.3. The number of nitrogens with zero attached hydrogens (tertiary/aromatic N) is 2. The number of ether oxygens (including phenoxy) is 2. The van der Waals surface area contributed by atoms with E-state index in [0.29, 0.717) is 18.0 Å². The normalized spacial score (nSPS) is 10.6. The summed E-state index contributed by atoms with van der Waals surface area (Å²) >= 11 is 5.94. The zero-order chi connectivity index (χ0) is 22.5. The van der Waals surface area contributed by atoms with E-state index < -0.39 is 0 Å². The molecule has 2 aromatic heterocycles. The number of carbonyl (C=O) groups is 1. The summed E-state index contributed by atoms with van der Waals surface area (Å²) in [6, 6.07) is 18.6. The summed E-state index contributed by atoms with van der Waals surface area (Å²) in [5.41, 5.74) is 4.18. The van der Waals surface area contributed by atoms with Crippen LogP contribution >= 0.6 is 11.6 Å².